The van der Waals surface area contributed by atoms with Crippen molar-refractivity contribution >= 4 is 57.7 Å². The molecule has 0 bridgehead atoms. The highest BCUT2D eigenvalue weighted by Gasteiger charge is 2.39. The van der Waals surface area contributed by atoms with Gasteiger partial charge in [0.05, 0.1) is 60.8 Å². The molecule has 1 N–H and O–H groups in total. The number of nitrogens with zero attached hydrogens (tertiary/aromatic N) is 2. The highest BCUT2D eigenvalue weighted by Crippen LogP contribution is 2.37. The van der Waals surface area contributed by atoms with Gasteiger partial charge in [-0.15, -0.1) is 0 Å². The largest absolute Gasteiger partial charge is 0.494 e. The van der Waals surface area contributed by atoms with Gasteiger partial charge < -0.3 is 29.0 Å². The lowest BCUT2D eigenvalue weighted by atomic mass is 9.81. The molecule has 1 aromatic rings. The standard InChI is InChI=1S/C34H48Cl2IN3O7/c1-4-26-30(34(42)47-25(21-39-9-15-43-16-10-39)22-40-11-17-44-18-12-40)29(20-37)38-32(23(2)3)31(26)33(41)46-14-6-5-13-45-24-7-8-27(35)28(36)19-24/h7-8,19,23,25-26,38H,4-6,9-18,20-22H2,1-3H3. The Hall–Kier alpha value is -1.61. The third-order valence-corrected chi connectivity index (χ3v) is 10.00. The molecule has 3 aliphatic rings. The Balaban J connectivity index is 1.42. The van der Waals surface area contributed by atoms with Gasteiger partial charge >= 0.3 is 11.9 Å². The van der Waals surface area contributed by atoms with E-state index in [2.05, 4.69) is 37.7 Å². The lowest BCUT2D eigenvalue weighted by molar-refractivity contribution is -0.148. The summed E-state index contributed by atoms with van der Waals surface area (Å²) in [6.07, 6.45) is 1.53. The number of unbranched alkanes of at least 4 members (excludes halogenated alkanes) is 1. The van der Waals surface area contributed by atoms with E-state index in [1.54, 1.807) is 18.2 Å². The van der Waals surface area contributed by atoms with Crippen LogP contribution in [0, 0.1) is 11.8 Å². The molecular weight excluding hydrogens is 760 g/mol. The van der Waals surface area contributed by atoms with Gasteiger partial charge in [0, 0.05) is 67.1 Å². The summed E-state index contributed by atoms with van der Waals surface area (Å²) in [7, 11) is 0. The van der Waals surface area contributed by atoms with Crippen molar-refractivity contribution in [2.45, 2.75) is 46.1 Å². The lowest BCUT2D eigenvalue weighted by Gasteiger charge is -2.36. The first-order chi connectivity index (χ1) is 22.7. The number of esters is 2. The first-order valence-corrected chi connectivity index (χ1v) is 18.9. The number of carbonyl (C=O) groups excluding carboxylic acids is 2. The Morgan fingerprint density at radius 2 is 1.55 bits per heavy atom. The molecule has 2 fully saturated rings. The molecule has 3 aliphatic heterocycles. The minimum absolute atomic E-state index is 0.0251. The van der Waals surface area contributed by atoms with E-state index in [0.29, 0.717) is 96.8 Å². The molecule has 0 saturated carbocycles. The summed E-state index contributed by atoms with van der Waals surface area (Å²) < 4.78 is 29.6. The number of carbonyl (C=O) groups is 2. The maximum Gasteiger partial charge on any atom is 0.336 e. The number of halogens is 3. The van der Waals surface area contributed by atoms with E-state index in [9.17, 15) is 9.59 Å². The zero-order valence-electron chi connectivity index (χ0n) is 27.7. The average molecular weight is 809 g/mol. The molecule has 1 unspecified atom stereocenters. The molecule has 3 heterocycles. The van der Waals surface area contributed by atoms with Crippen molar-refractivity contribution in [1.29, 1.82) is 0 Å². The van der Waals surface area contributed by atoms with Gasteiger partial charge in [0.1, 0.15) is 11.9 Å². The summed E-state index contributed by atoms with van der Waals surface area (Å²) in [6.45, 7) is 13.9. The maximum absolute atomic E-state index is 14.2. The second kappa shape index (κ2) is 19.5. The third-order valence-electron chi connectivity index (χ3n) is 8.49. The van der Waals surface area contributed by atoms with Crippen molar-refractivity contribution in [3.8, 4) is 5.75 Å². The molecular formula is C34H48Cl2IN3O7. The zero-order chi connectivity index (χ0) is 33.8. The van der Waals surface area contributed by atoms with Crippen LogP contribution in [0.4, 0.5) is 0 Å². The van der Waals surface area contributed by atoms with Gasteiger partial charge in [-0.3, -0.25) is 9.80 Å². The van der Waals surface area contributed by atoms with Crippen LogP contribution in [-0.4, -0.2) is 111 Å². The molecule has 0 spiro atoms. The average Bonchev–Trinajstić information content (AvgIpc) is 3.07. The second-order valence-corrected chi connectivity index (χ2v) is 13.8. The van der Waals surface area contributed by atoms with Crippen molar-refractivity contribution in [3.63, 3.8) is 0 Å². The molecule has 262 valence electrons. The van der Waals surface area contributed by atoms with E-state index in [1.165, 1.54) is 0 Å². The zero-order valence-corrected chi connectivity index (χ0v) is 31.3. The molecule has 13 heteroatoms. The molecule has 1 aromatic carbocycles. The van der Waals surface area contributed by atoms with Gasteiger partial charge in [-0.2, -0.15) is 0 Å². The van der Waals surface area contributed by atoms with Crippen LogP contribution in [0.25, 0.3) is 0 Å². The summed E-state index contributed by atoms with van der Waals surface area (Å²) in [4.78, 5) is 32.5. The summed E-state index contributed by atoms with van der Waals surface area (Å²) in [6, 6.07) is 5.14. The van der Waals surface area contributed by atoms with Crippen molar-refractivity contribution in [2.24, 2.45) is 11.8 Å². The number of rotatable bonds is 16. The predicted molar refractivity (Wildman–Crippen MR) is 191 cm³/mol. The first kappa shape index (κ1) is 38.2. The number of dihydropyridines is 1. The number of nitrogens with one attached hydrogen (secondary N) is 1. The molecule has 0 radical (unpaired) electrons. The van der Waals surface area contributed by atoms with Crippen molar-refractivity contribution in [2.75, 3.05) is 83.3 Å². The monoisotopic (exact) mass is 807 g/mol. The topological polar surface area (TPSA) is 98.8 Å². The van der Waals surface area contributed by atoms with Crippen molar-refractivity contribution in [3.05, 3.63) is 50.8 Å². The quantitative estimate of drug-likeness (QED) is 0.0999. The molecule has 0 aromatic heterocycles. The highest BCUT2D eigenvalue weighted by atomic mass is 127. The summed E-state index contributed by atoms with van der Waals surface area (Å²) in [5.41, 5.74) is 2.61. The van der Waals surface area contributed by atoms with Crippen LogP contribution < -0.4 is 10.1 Å². The van der Waals surface area contributed by atoms with Crippen LogP contribution in [0.2, 0.25) is 10.0 Å². The molecule has 0 amide bonds. The highest BCUT2D eigenvalue weighted by molar-refractivity contribution is 14.1. The van der Waals surface area contributed by atoms with Crippen LogP contribution in [0.3, 0.4) is 0 Å². The fourth-order valence-corrected chi connectivity index (χ4v) is 6.91. The van der Waals surface area contributed by atoms with E-state index in [4.69, 9.17) is 46.9 Å². The Kier molecular flexibility index (Phi) is 15.9. The molecule has 1 atom stereocenters. The van der Waals surface area contributed by atoms with E-state index < -0.39 is 11.9 Å². The summed E-state index contributed by atoms with van der Waals surface area (Å²) >= 11 is 14.3. The lowest BCUT2D eigenvalue weighted by Crippen LogP contribution is -2.49. The van der Waals surface area contributed by atoms with Crippen LogP contribution >= 0.6 is 45.8 Å². The Labute approximate surface area is 302 Å². The van der Waals surface area contributed by atoms with Gasteiger partial charge in [0.15, 0.2) is 0 Å². The first-order valence-electron chi connectivity index (χ1n) is 16.6. The fraction of sp³-hybridized carbons (Fsp3) is 0.647. The minimum atomic E-state index is -0.441. The van der Waals surface area contributed by atoms with Gasteiger partial charge in [-0.25, -0.2) is 9.59 Å². The van der Waals surface area contributed by atoms with Crippen molar-refractivity contribution < 1.29 is 33.3 Å². The summed E-state index contributed by atoms with van der Waals surface area (Å²) in [5, 5.41) is 4.37. The summed E-state index contributed by atoms with van der Waals surface area (Å²) in [5.74, 6) is -0.568. The van der Waals surface area contributed by atoms with Crippen LogP contribution in [0.1, 0.15) is 40.0 Å². The Morgan fingerprint density at radius 1 is 0.936 bits per heavy atom. The fourth-order valence-electron chi connectivity index (χ4n) is 6.02. The van der Waals surface area contributed by atoms with E-state index in [1.807, 2.05) is 20.8 Å². The van der Waals surface area contributed by atoms with Gasteiger partial charge in [0.2, 0.25) is 0 Å². The van der Waals surface area contributed by atoms with Gasteiger partial charge in [-0.05, 0) is 37.3 Å². The van der Waals surface area contributed by atoms with Crippen LogP contribution in [0.5, 0.6) is 5.75 Å². The minimum Gasteiger partial charge on any atom is -0.494 e. The molecule has 2 saturated heterocycles. The smallest absolute Gasteiger partial charge is 0.336 e. The number of hydrogen-bond acceptors (Lipinski definition) is 10. The molecule has 4 rings (SSSR count). The van der Waals surface area contributed by atoms with Crippen LogP contribution in [-0.2, 0) is 28.5 Å². The number of allylic oxidation sites excluding steroid dienone is 2. The second-order valence-electron chi connectivity index (χ2n) is 12.2. The van der Waals surface area contributed by atoms with E-state index in [-0.39, 0.29) is 24.6 Å². The Bertz CT molecular complexity index is 1250. The van der Waals surface area contributed by atoms with Gasteiger partial charge in [0.25, 0.3) is 0 Å². The van der Waals surface area contributed by atoms with Gasteiger partial charge in [-0.1, -0.05) is 66.6 Å². The van der Waals surface area contributed by atoms with Crippen molar-refractivity contribution in [1.82, 2.24) is 15.1 Å². The number of morpholine rings is 2. The number of ether oxygens (including phenoxy) is 5. The van der Waals surface area contributed by atoms with E-state index >= 15 is 0 Å². The predicted octanol–water partition coefficient (Wildman–Crippen LogP) is 5.50. The number of alkyl halides is 1. The molecule has 47 heavy (non-hydrogen) atoms. The third kappa shape index (κ3) is 11.2. The SMILES string of the molecule is CCC1C(C(=O)OC(CN2CCOCC2)CN2CCOCC2)=C(CI)NC(C(C)C)=C1C(=O)OCCCCOc1ccc(Cl)c(Cl)c1. The number of benzene rings is 1. The normalized spacial score (nSPS) is 19.7. The molecule has 0 aliphatic carbocycles. The van der Waals surface area contributed by atoms with Crippen LogP contribution in [0.15, 0.2) is 40.7 Å². The number of hydrogen-bond donors (Lipinski definition) is 1. The Morgan fingerprint density at radius 3 is 2.11 bits per heavy atom. The van der Waals surface area contributed by atoms with E-state index in [0.717, 1.165) is 37.6 Å². The maximum atomic E-state index is 14.2. The molecule has 10 nitrogen and oxygen atoms in total.